The third-order valence-electron chi connectivity index (χ3n) is 8.57. The molecule has 5 rings (SSSR count). The Morgan fingerprint density at radius 2 is 1.45 bits per heavy atom. The number of carbonyl (C=O) groups excluding carboxylic acids is 1. The molecule has 0 saturated heterocycles. The van der Waals surface area contributed by atoms with Crippen molar-refractivity contribution in [1.82, 2.24) is 5.32 Å². The number of carbonyl (C=O) groups is 2. The fourth-order valence-corrected chi connectivity index (χ4v) is 6.01. The van der Waals surface area contributed by atoms with E-state index in [4.69, 9.17) is 9.47 Å². The van der Waals surface area contributed by atoms with Crippen molar-refractivity contribution >= 4 is 34.6 Å². The van der Waals surface area contributed by atoms with Crippen molar-refractivity contribution in [2.75, 3.05) is 43.4 Å². The minimum Gasteiger partial charge on any atom is -0.480 e. The van der Waals surface area contributed by atoms with Crippen LogP contribution in [-0.2, 0) is 19.1 Å². The van der Waals surface area contributed by atoms with E-state index in [2.05, 4.69) is 34.9 Å². The number of nitro groups is 2. The number of rotatable bonds is 20. The average molecular weight is 698 g/mol. The Bertz CT molecular complexity index is 1790. The van der Waals surface area contributed by atoms with Gasteiger partial charge in [0.15, 0.2) is 6.04 Å². The molecular weight excluding hydrogens is 658 g/mol. The maximum Gasteiger partial charge on any atom is 0.328 e. The largest absolute Gasteiger partial charge is 0.480 e. The first kappa shape index (κ1) is 36.4. The molecule has 0 spiro atoms. The van der Waals surface area contributed by atoms with Crippen LogP contribution in [0.2, 0.25) is 0 Å². The van der Waals surface area contributed by atoms with Gasteiger partial charge in [0.1, 0.15) is 19.1 Å². The number of anilines is 2. The van der Waals surface area contributed by atoms with Crippen LogP contribution in [-0.4, -0.2) is 66.1 Å². The van der Waals surface area contributed by atoms with Gasteiger partial charge in [-0.1, -0.05) is 73.2 Å². The quantitative estimate of drug-likeness (QED) is 0.0406. The van der Waals surface area contributed by atoms with Gasteiger partial charge in [-0.25, -0.2) is 4.79 Å². The number of hydrogen-bond donors (Lipinski definition) is 3. The summed E-state index contributed by atoms with van der Waals surface area (Å²) in [5.41, 5.74) is 5.06. The predicted molar refractivity (Wildman–Crippen MR) is 191 cm³/mol. The van der Waals surface area contributed by atoms with Gasteiger partial charge in [0, 0.05) is 30.6 Å². The second-order valence-electron chi connectivity index (χ2n) is 12.0. The number of fused-ring (bicyclic) bond motifs is 3. The van der Waals surface area contributed by atoms with Crippen molar-refractivity contribution in [3.63, 3.8) is 0 Å². The molecular formula is C37H39N5O9. The SMILES string of the molecule is O=C(CCCCCNc1ccc([N+](=O)[O-])cc1[N+](=O)[O-])N[C@@H](COCN(COCC1c2ccccc2-c2ccccc21)c1ccccc1)C(=O)O. The average Bonchev–Trinajstić information content (AvgIpc) is 3.45. The highest BCUT2D eigenvalue weighted by atomic mass is 16.6. The first-order valence-corrected chi connectivity index (χ1v) is 16.6. The molecule has 4 aromatic carbocycles. The lowest BCUT2D eigenvalue weighted by Gasteiger charge is -2.26. The molecule has 1 aliphatic rings. The molecule has 4 aromatic rings. The van der Waals surface area contributed by atoms with E-state index in [0.717, 1.165) is 11.8 Å². The van der Waals surface area contributed by atoms with Crippen LogP contribution in [0.4, 0.5) is 22.7 Å². The first-order valence-electron chi connectivity index (χ1n) is 16.6. The van der Waals surface area contributed by atoms with Crippen molar-refractivity contribution in [2.45, 2.75) is 37.6 Å². The summed E-state index contributed by atoms with van der Waals surface area (Å²) >= 11 is 0. The zero-order valence-corrected chi connectivity index (χ0v) is 27.8. The summed E-state index contributed by atoms with van der Waals surface area (Å²) in [5, 5.41) is 37.4. The molecule has 0 heterocycles. The molecule has 1 aliphatic carbocycles. The summed E-state index contributed by atoms with van der Waals surface area (Å²) in [5.74, 6) is -1.58. The van der Waals surface area contributed by atoms with Crippen molar-refractivity contribution in [2.24, 2.45) is 0 Å². The van der Waals surface area contributed by atoms with Crippen molar-refractivity contribution < 1.29 is 34.0 Å². The number of nitro benzene ring substituents is 2. The highest BCUT2D eigenvalue weighted by Gasteiger charge is 2.28. The van der Waals surface area contributed by atoms with Gasteiger partial charge in [0.25, 0.3) is 11.4 Å². The Hall–Kier alpha value is -5.86. The van der Waals surface area contributed by atoms with Crippen molar-refractivity contribution in [3.05, 3.63) is 128 Å². The minimum atomic E-state index is -1.26. The van der Waals surface area contributed by atoms with Crippen LogP contribution in [0.3, 0.4) is 0 Å². The number of aliphatic carboxylic acids is 1. The third-order valence-corrected chi connectivity index (χ3v) is 8.57. The third kappa shape index (κ3) is 9.65. The van der Waals surface area contributed by atoms with Crippen LogP contribution in [0.15, 0.2) is 97.1 Å². The molecule has 1 amide bonds. The van der Waals surface area contributed by atoms with Gasteiger partial charge in [-0.05, 0) is 53.3 Å². The molecule has 14 heteroatoms. The van der Waals surface area contributed by atoms with Crippen LogP contribution in [0.1, 0.15) is 42.7 Å². The van der Waals surface area contributed by atoms with E-state index >= 15 is 0 Å². The molecule has 266 valence electrons. The summed E-state index contributed by atoms with van der Waals surface area (Å²) < 4.78 is 12.1. The maximum absolute atomic E-state index is 12.6. The van der Waals surface area contributed by atoms with E-state index in [1.165, 1.54) is 34.4 Å². The number of carboxylic acids is 1. The smallest absolute Gasteiger partial charge is 0.328 e. The molecule has 14 nitrogen and oxygen atoms in total. The van der Waals surface area contributed by atoms with Gasteiger partial charge in [0.05, 0.1) is 29.1 Å². The van der Waals surface area contributed by atoms with Crippen LogP contribution in [0.5, 0.6) is 0 Å². The van der Waals surface area contributed by atoms with E-state index in [1.54, 1.807) is 0 Å². The number of benzene rings is 4. The highest BCUT2D eigenvalue weighted by molar-refractivity contribution is 5.83. The summed E-state index contributed by atoms with van der Waals surface area (Å²) in [6.45, 7) is 0.751. The zero-order valence-electron chi connectivity index (χ0n) is 27.8. The number of non-ortho nitro benzene ring substituents is 1. The fourth-order valence-electron chi connectivity index (χ4n) is 6.01. The second-order valence-corrected chi connectivity index (χ2v) is 12.0. The molecule has 0 bridgehead atoms. The second kappa shape index (κ2) is 17.7. The van der Waals surface area contributed by atoms with E-state index in [9.17, 15) is 34.9 Å². The first-order chi connectivity index (χ1) is 24.7. The molecule has 0 unspecified atom stereocenters. The lowest BCUT2D eigenvalue weighted by atomic mass is 9.98. The van der Waals surface area contributed by atoms with Crippen LogP contribution < -0.4 is 15.5 Å². The topological polar surface area (TPSA) is 186 Å². The molecule has 0 radical (unpaired) electrons. The van der Waals surface area contributed by atoms with E-state index in [1.807, 2.05) is 59.5 Å². The van der Waals surface area contributed by atoms with Crippen molar-refractivity contribution in [1.29, 1.82) is 0 Å². The molecule has 51 heavy (non-hydrogen) atoms. The number of ether oxygens (including phenoxy) is 2. The highest BCUT2D eigenvalue weighted by Crippen LogP contribution is 2.44. The van der Waals surface area contributed by atoms with E-state index < -0.39 is 33.5 Å². The monoisotopic (exact) mass is 697 g/mol. The Morgan fingerprint density at radius 3 is 2.10 bits per heavy atom. The van der Waals surface area contributed by atoms with Crippen LogP contribution >= 0.6 is 0 Å². The Kier molecular flexibility index (Phi) is 12.6. The van der Waals surface area contributed by atoms with Gasteiger partial charge in [-0.2, -0.15) is 0 Å². The number of para-hydroxylation sites is 1. The summed E-state index contributed by atoms with van der Waals surface area (Å²) in [7, 11) is 0. The molecule has 0 saturated carbocycles. The summed E-state index contributed by atoms with van der Waals surface area (Å²) in [6, 6.07) is 28.2. The number of amides is 1. The minimum absolute atomic E-state index is 0.0292. The van der Waals surface area contributed by atoms with Gasteiger partial charge in [-0.3, -0.25) is 25.0 Å². The number of carboxylic acid groups (broad SMARTS) is 1. The molecule has 0 aliphatic heterocycles. The lowest BCUT2D eigenvalue weighted by Crippen LogP contribution is -2.45. The van der Waals surface area contributed by atoms with Gasteiger partial charge in [0.2, 0.25) is 5.91 Å². The van der Waals surface area contributed by atoms with E-state index in [-0.39, 0.29) is 43.8 Å². The van der Waals surface area contributed by atoms with Gasteiger partial charge >= 0.3 is 5.97 Å². The van der Waals surface area contributed by atoms with E-state index in [0.29, 0.717) is 32.4 Å². The van der Waals surface area contributed by atoms with Gasteiger partial charge in [-0.15, -0.1) is 0 Å². The number of nitrogens with one attached hydrogen (secondary N) is 2. The van der Waals surface area contributed by atoms with Crippen molar-refractivity contribution in [3.8, 4) is 11.1 Å². The predicted octanol–water partition coefficient (Wildman–Crippen LogP) is 6.31. The Morgan fingerprint density at radius 1 is 0.804 bits per heavy atom. The Labute approximate surface area is 294 Å². The fraction of sp³-hybridized carbons (Fsp3) is 0.297. The molecule has 0 aromatic heterocycles. The maximum atomic E-state index is 12.6. The lowest BCUT2D eigenvalue weighted by molar-refractivity contribution is -0.393. The summed E-state index contributed by atoms with van der Waals surface area (Å²) in [4.78, 5) is 47.2. The van der Waals surface area contributed by atoms with Crippen LogP contribution in [0.25, 0.3) is 11.1 Å². The van der Waals surface area contributed by atoms with Gasteiger partial charge < -0.3 is 30.1 Å². The molecule has 0 fully saturated rings. The van der Waals surface area contributed by atoms with Crippen LogP contribution in [0, 0.1) is 20.2 Å². The number of unbranched alkanes of at least 4 members (excludes halogenated alkanes) is 2. The normalized spacial score (nSPS) is 12.4. The Balaban J connectivity index is 1.06. The number of nitrogens with zero attached hydrogens (tertiary/aromatic N) is 3. The summed E-state index contributed by atoms with van der Waals surface area (Å²) in [6.07, 6.45) is 1.68. The molecule has 3 N–H and O–H groups in total. The zero-order chi connectivity index (χ0) is 36.2. The molecule has 1 atom stereocenters. The number of hydrogen-bond acceptors (Lipinski definition) is 10. The standard InChI is InChI=1S/C37H39N5O9/c43-36(17-5-2-10-20-38-33-19-18-27(41(46)47)21-35(33)42(48)49)39-34(37(44)45)23-51-25-40(26-11-3-1-4-12-26)24-50-22-32-30-15-8-6-13-28(30)29-14-7-9-16-31(29)32/h1,3-4,6-9,11-16,18-19,21,32,34,38H,2,5,10,17,20,22-25H2,(H,39,43)(H,44,45)/t34-/m0/s1.